The Labute approximate surface area is 643 Å². The lowest BCUT2D eigenvalue weighted by molar-refractivity contribution is 0.246. The molecule has 0 saturated carbocycles. The van der Waals surface area contributed by atoms with E-state index in [-0.39, 0.29) is 35.5 Å². The van der Waals surface area contributed by atoms with Gasteiger partial charge in [0.1, 0.15) is 34.6 Å². The zero-order valence-electron chi connectivity index (χ0n) is 67.4. The number of fused-ring (bicyclic) bond motifs is 6. The largest absolute Gasteiger partial charge is 0.505 e. The van der Waals surface area contributed by atoms with Crippen LogP contribution in [0.15, 0.2) is 194 Å². The summed E-state index contributed by atoms with van der Waals surface area (Å²) in [7, 11) is 0. The van der Waals surface area contributed by atoms with Crippen LogP contribution in [-0.4, -0.2) is 32.6 Å². The van der Waals surface area contributed by atoms with Crippen LogP contribution in [0.5, 0.6) is 23.0 Å². The molecule has 0 saturated heterocycles. The van der Waals surface area contributed by atoms with Crippen molar-refractivity contribution in [2.45, 2.75) is 169 Å². The van der Waals surface area contributed by atoms with Crippen molar-refractivity contribution >= 4 is 43.6 Å². The number of hydrogen-bond donors (Lipinski definition) is 2. The van der Waals surface area contributed by atoms with Gasteiger partial charge in [-0.3, -0.25) is 0 Å². The van der Waals surface area contributed by atoms with Crippen LogP contribution in [0.2, 0.25) is 0 Å². The first-order valence-electron chi connectivity index (χ1n) is 38.6. The molecule has 0 aliphatic carbocycles. The highest BCUT2D eigenvalue weighted by molar-refractivity contribution is 6.13. The summed E-state index contributed by atoms with van der Waals surface area (Å²) in [4.78, 5) is 0. The molecule has 2 aromatic heterocycles. The molecule has 14 rings (SSSR count). The van der Waals surface area contributed by atoms with Crippen molar-refractivity contribution in [3.63, 3.8) is 0 Å². The summed E-state index contributed by atoms with van der Waals surface area (Å²) in [6.45, 7) is 43.5. The van der Waals surface area contributed by atoms with Gasteiger partial charge >= 0.3 is 0 Å². The molecule has 0 spiro atoms. The van der Waals surface area contributed by atoms with E-state index in [9.17, 15) is 10.2 Å². The number of rotatable bonds is 18. The number of phenolic OH excluding ortho intramolecular Hbond substituents is 2. The predicted molar refractivity (Wildman–Crippen MR) is 455 cm³/mol. The molecular formula is C101H104F2N2O4. The minimum Gasteiger partial charge on any atom is -0.505 e. The Morgan fingerprint density at radius 2 is 0.569 bits per heavy atom. The lowest BCUT2D eigenvalue weighted by Gasteiger charge is -2.34. The summed E-state index contributed by atoms with van der Waals surface area (Å²) >= 11 is 0. The van der Waals surface area contributed by atoms with Crippen LogP contribution in [0.1, 0.15) is 155 Å². The molecule has 0 aliphatic heterocycles. The monoisotopic (exact) mass is 1450 g/mol. The summed E-state index contributed by atoms with van der Waals surface area (Å²) in [6, 6.07) is 67.4. The van der Waals surface area contributed by atoms with Gasteiger partial charge in [0.25, 0.3) is 0 Å². The van der Waals surface area contributed by atoms with Crippen LogP contribution in [0.4, 0.5) is 8.78 Å². The zero-order chi connectivity index (χ0) is 77.8. The molecule has 2 heterocycles. The molecule has 2 N–H and O–H groups in total. The Bertz CT molecular complexity index is 5320. The highest BCUT2D eigenvalue weighted by Crippen LogP contribution is 2.52. The van der Waals surface area contributed by atoms with E-state index in [0.29, 0.717) is 62.7 Å². The third-order valence-electron chi connectivity index (χ3n) is 21.8. The smallest absolute Gasteiger partial charge is 0.147 e. The molecule has 556 valence electrons. The van der Waals surface area contributed by atoms with Gasteiger partial charge in [0, 0.05) is 50.2 Å². The summed E-state index contributed by atoms with van der Waals surface area (Å²) < 4.78 is 51.5. The Kier molecular flexibility index (Phi) is 19.6. The molecule has 0 bridgehead atoms. The number of aryl methyl sites for hydroxylation is 10. The maximum absolute atomic E-state index is 16.6. The SMILES string of the molecule is Cc1cc(C)cc(-c2ccc3c4ccc(-c5cc(C)cc(C)c5)cc4n(-c4cc(C(C)(C)CC(C)(C)C)cc(-c5cc(F)cc(C)c5OCCCOc5c(C)cc(F)cc5-c5cc(C(C)(C)CC(C)(C)C)cc(-n6c7cc(-c8cc(C)cc(C)c8)ccc7c7ccc(-c8cc(C)cc(C)c8)cc76)c5O)c4O)c3c2)c1. The molecule has 0 atom stereocenters. The maximum atomic E-state index is 16.6. The number of phenols is 2. The Balaban J connectivity index is 0.874. The Hall–Kier alpha value is -10.7. The summed E-state index contributed by atoms with van der Waals surface area (Å²) in [5.74, 6) is -0.0867. The average molecular weight is 1450 g/mol. The first-order chi connectivity index (χ1) is 51.4. The van der Waals surface area contributed by atoms with Crippen molar-refractivity contribution in [1.29, 1.82) is 0 Å². The van der Waals surface area contributed by atoms with Crippen molar-refractivity contribution in [3.8, 4) is 101 Å². The fraction of sp³-hybridized carbons (Fsp3) is 0.287. The Morgan fingerprint density at radius 1 is 0.303 bits per heavy atom. The molecule has 6 nitrogen and oxygen atoms in total. The molecule has 0 amide bonds. The molecule has 14 aromatic rings. The van der Waals surface area contributed by atoms with Crippen LogP contribution in [-0.2, 0) is 10.8 Å². The average Bonchev–Trinajstić information content (AvgIpc) is 1.59. The standard InChI is InChI=1S/C101H104F2N2O4/c1-58-32-59(2)37-72(36-58)68-22-26-80-81-27-23-69(73-38-60(3)33-61(4)39-73)47-89(81)104(88(80)46-68)92-52-76(100(17,18)56-98(11,12)13)50-84(94(92)106)86-54-78(102)44-66(9)96(86)108-30-21-31-109-97-67(10)45-79(103)55-87(97)85-51-77(101(19,20)57-99(14,15)16)53-93(95(85)107)105-90-48-70(74-40-62(5)34-63(6)41-74)24-28-82(90)83-29-25-71(49-91(83)105)75-42-64(7)35-65(8)43-75/h22-29,32-55,106-107H,21,30-31,56-57H2,1-20H3. The lowest BCUT2D eigenvalue weighted by atomic mass is 9.71. The van der Waals surface area contributed by atoms with Crippen LogP contribution in [0, 0.1) is 91.7 Å². The van der Waals surface area contributed by atoms with Gasteiger partial charge in [-0.15, -0.1) is 0 Å². The molecule has 0 fully saturated rings. The van der Waals surface area contributed by atoms with Gasteiger partial charge in [-0.25, -0.2) is 8.78 Å². The zero-order valence-corrected chi connectivity index (χ0v) is 67.4. The number of ether oxygens (including phenoxy) is 2. The summed E-state index contributed by atoms with van der Waals surface area (Å²) in [5.41, 5.74) is 26.5. The summed E-state index contributed by atoms with van der Waals surface area (Å²) in [5, 5.41) is 31.2. The van der Waals surface area contributed by atoms with Crippen LogP contribution < -0.4 is 9.47 Å². The van der Waals surface area contributed by atoms with Gasteiger partial charge in [-0.2, -0.15) is 0 Å². The number of hydrogen-bond acceptors (Lipinski definition) is 4. The number of benzene rings is 12. The highest BCUT2D eigenvalue weighted by atomic mass is 19.1. The van der Waals surface area contributed by atoms with Gasteiger partial charge in [-0.1, -0.05) is 235 Å². The van der Waals surface area contributed by atoms with E-state index in [1.54, 1.807) is 0 Å². The number of nitrogens with zero attached hydrogens (tertiary/aromatic N) is 2. The normalized spacial score (nSPS) is 12.4. The van der Waals surface area contributed by atoms with E-state index in [2.05, 4.69) is 291 Å². The molecule has 0 unspecified atom stereocenters. The van der Waals surface area contributed by atoms with Crippen molar-refractivity contribution < 1.29 is 28.5 Å². The van der Waals surface area contributed by atoms with Gasteiger partial charge in [0.15, 0.2) is 0 Å². The van der Waals surface area contributed by atoms with E-state index in [1.807, 2.05) is 26.0 Å². The summed E-state index contributed by atoms with van der Waals surface area (Å²) in [6.07, 6.45) is 1.97. The van der Waals surface area contributed by atoms with E-state index in [0.717, 1.165) is 112 Å². The number of aromatic nitrogens is 2. The highest BCUT2D eigenvalue weighted by Gasteiger charge is 2.34. The van der Waals surface area contributed by atoms with Gasteiger partial charge in [0.2, 0.25) is 0 Å². The van der Waals surface area contributed by atoms with E-state index >= 15 is 8.78 Å². The fourth-order valence-corrected chi connectivity index (χ4v) is 18.1. The van der Waals surface area contributed by atoms with Gasteiger partial charge in [0.05, 0.1) is 46.7 Å². The van der Waals surface area contributed by atoms with Crippen molar-refractivity contribution in [2.24, 2.45) is 10.8 Å². The number of aromatic hydroxyl groups is 2. The van der Waals surface area contributed by atoms with Crippen LogP contribution >= 0.6 is 0 Å². The third-order valence-corrected chi connectivity index (χ3v) is 21.8. The van der Waals surface area contributed by atoms with Crippen molar-refractivity contribution in [3.05, 3.63) is 273 Å². The molecule has 0 aliphatic rings. The number of halogens is 2. The maximum Gasteiger partial charge on any atom is 0.147 e. The van der Waals surface area contributed by atoms with E-state index in [1.165, 1.54) is 68.8 Å². The van der Waals surface area contributed by atoms with Gasteiger partial charge < -0.3 is 28.8 Å². The van der Waals surface area contributed by atoms with Crippen LogP contribution in [0.25, 0.3) is 122 Å². The van der Waals surface area contributed by atoms with Gasteiger partial charge in [-0.05, 0) is 243 Å². The fourth-order valence-electron chi connectivity index (χ4n) is 18.1. The second-order valence-electron chi connectivity index (χ2n) is 35.4. The molecule has 12 aromatic carbocycles. The molecule has 109 heavy (non-hydrogen) atoms. The first-order valence-corrected chi connectivity index (χ1v) is 38.6. The first kappa shape index (κ1) is 75.1. The predicted octanol–water partition coefficient (Wildman–Crippen LogP) is 27.9. The Morgan fingerprint density at radius 3 is 0.826 bits per heavy atom. The lowest BCUT2D eigenvalue weighted by Crippen LogP contribution is -2.25. The second kappa shape index (κ2) is 28.4. The molecule has 0 radical (unpaired) electrons. The molecular weight excluding hydrogens is 1340 g/mol. The minimum absolute atomic E-state index is 0.0141. The van der Waals surface area contributed by atoms with Crippen LogP contribution in [0.3, 0.4) is 0 Å². The minimum atomic E-state index is -0.463. The van der Waals surface area contributed by atoms with Crippen molar-refractivity contribution in [2.75, 3.05) is 13.2 Å². The third kappa shape index (κ3) is 15.2. The second-order valence-corrected chi connectivity index (χ2v) is 35.4. The van der Waals surface area contributed by atoms with E-state index < -0.39 is 22.5 Å². The topological polar surface area (TPSA) is 68.8 Å². The van der Waals surface area contributed by atoms with E-state index in [4.69, 9.17) is 9.47 Å². The van der Waals surface area contributed by atoms with Crippen molar-refractivity contribution in [1.82, 2.24) is 9.13 Å². The quantitative estimate of drug-likeness (QED) is 0.0840. The molecule has 8 heteroatoms.